The molecule has 0 radical (unpaired) electrons. The van der Waals surface area contributed by atoms with Gasteiger partial charge in [0.05, 0.1) is 6.10 Å². The molecule has 2 fully saturated rings. The second-order valence-electron chi connectivity index (χ2n) is 6.63. The van der Waals surface area contributed by atoms with E-state index in [1.54, 1.807) is 12.1 Å². The number of aromatic nitrogens is 1. The SMILES string of the molecule is O=C(NC1CCN(C2CCCCC2O)CC1)c1cccc(=O)[nH]1. The summed E-state index contributed by atoms with van der Waals surface area (Å²) >= 11 is 0. The summed E-state index contributed by atoms with van der Waals surface area (Å²) in [6, 6.07) is 5.00. The molecule has 0 bridgehead atoms. The van der Waals surface area contributed by atoms with E-state index in [1.807, 2.05) is 0 Å². The molecule has 1 aliphatic heterocycles. The van der Waals surface area contributed by atoms with Crippen molar-refractivity contribution in [1.29, 1.82) is 0 Å². The number of piperidine rings is 1. The van der Waals surface area contributed by atoms with Gasteiger partial charge in [0, 0.05) is 31.2 Å². The van der Waals surface area contributed by atoms with Crippen molar-refractivity contribution in [3.05, 3.63) is 34.2 Å². The number of aliphatic hydroxyl groups is 1. The molecule has 3 N–H and O–H groups in total. The fourth-order valence-corrected chi connectivity index (χ4v) is 3.74. The van der Waals surface area contributed by atoms with Gasteiger partial charge in [-0.2, -0.15) is 0 Å². The third kappa shape index (κ3) is 4.00. The number of likely N-dealkylation sites (tertiary alicyclic amines) is 1. The van der Waals surface area contributed by atoms with Crippen LogP contribution >= 0.6 is 0 Å². The van der Waals surface area contributed by atoms with E-state index >= 15 is 0 Å². The first-order chi connectivity index (χ1) is 11.1. The smallest absolute Gasteiger partial charge is 0.268 e. The summed E-state index contributed by atoms with van der Waals surface area (Å²) in [5.41, 5.74) is 0.0430. The van der Waals surface area contributed by atoms with Gasteiger partial charge in [0.1, 0.15) is 5.69 Å². The molecule has 1 aromatic rings. The van der Waals surface area contributed by atoms with Gasteiger partial charge in [-0.1, -0.05) is 18.9 Å². The minimum Gasteiger partial charge on any atom is -0.391 e. The topological polar surface area (TPSA) is 85.4 Å². The zero-order valence-corrected chi connectivity index (χ0v) is 13.3. The first kappa shape index (κ1) is 16.2. The Bertz CT molecular complexity index is 593. The van der Waals surface area contributed by atoms with E-state index in [0.717, 1.165) is 45.2 Å². The highest BCUT2D eigenvalue weighted by molar-refractivity contribution is 5.92. The summed E-state index contributed by atoms with van der Waals surface area (Å²) in [5, 5.41) is 13.2. The Morgan fingerprint density at radius 1 is 1.17 bits per heavy atom. The molecule has 126 valence electrons. The predicted octanol–water partition coefficient (Wildman–Crippen LogP) is 0.873. The molecule has 1 amide bonds. The van der Waals surface area contributed by atoms with Crippen molar-refractivity contribution in [3.63, 3.8) is 0 Å². The summed E-state index contributed by atoms with van der Waals surface area (Å²) < 4.78 is 0. The fraction of sp³-hybridized carbons (Fsp3) is 0.647. The second-order valence-corrected chi connectivity index (χ2v) is 6.63. The van der Waals surface area contributed by atoms with E-state index in [-0.39, 0.29) is 29.7 Å². The lowest BCUT2D eigenvalue weighted by Crippen LogP contribution is -2.52. The summed E-state index contributed by atoms with van der Waals surface area (Å²) in [7, 11) is 0. The van der Waals surface area contributed by atoms with Crippen molar-refractivity contribution in [2.75, 3.05) is 13.1 Å². The first-order valence-electron chi connectivity index (χ1n) is 8.56. The molecule has 2 unspecified atom stereocenters. The standard InChI is InChI=1S/C17H25N3O3/c21-15-6-2-1-5-14(15)20-10-8-12(9-11-20)18-17(23)13-4-3-7-16(22)19-13/h3-4,7,12,14-15,21H,1-2,5-6,8-11H2,(H,18,23)(H,19,22). The molecule has 2 heterocycles. The van der Waals surface area contributed by atoms with Crippen LogP contribution in [-0.2, 0) is 0 Å². The van der Waals surface area contributed by atoms with Crippen LogP contribution in [0.1, 0.15) is 49.0 Å². The van der Waals surface area contributed by atoms with Gasteiger partial charge in [0.15, 0.2) is 0 Å². The molecule has 6 nitrogen and oxygen atoms in total. The Labute approximate surface area is 135 Å². The number of hydrogen-bond acceptors (Lipinski definition) is 4. The van der Waals surface area contributed by atoms with Gasteiger partial charge in [0.2, 0.25) is 5.56 Å². The van der Waals surface area contributed by atoms with Gasteiger partial charge in [-0.05, 0) is 31.7 Å². The number of carbonyl (C=O) groups is 1. The van der Waals surface area contributed by atoms with Crippen LogP contribution in [0.25, 0.3) is 0 Å². The third-order valence-corrected chi connectivity index (χ3v) is 5.04. The first-order valence-corrected chi connectivity index (χ1v) is 8.56. The van der Waals surface area contributed by atoms with E-state index in [4.69, 9.17) is 0 Å². The van der Waals surface area contributed by atoms with E-state index in [0.29, 0.717) is 5.69 Å². The number of nitrogens with zero attached hydrogens (tertiary/aromatic N) is 1. The molecular formula is C17H25N3O3. The number of aromatic amines is 1. The molecule has 1 saturated carbocycles. The second kappa shape index (κ2) is 7.27. The summed E-state index contributed by atoms with van der Waals surface area (Å²) in [5.74, 6) is -0.223. The monoisotopic (exact) mass is 319 g/mol. The van der Waals surface area contributed by atoms with E-state index in [1.165, 1.54) is 12.5 Å². The highest BCUT2D eigenvalue weighted by atomic mass is 16.3. The van der Waals surface area contributed by atoms with E-state index < -0.39 is 0 Å². The van der Waals surface area contributed by atoms with Crippen molar-refractivity contribution in [1.82, 2.24) is 15.2 Å². The lowest BCUT2D eigenvalue weighted by molar-refractivity contribution is 0.00726. The number of hydrogen-bond donors (Lipinski definition) is 3. The molecule has 2 aliphatic rings. The average molecular weight is 319 g/mol. The maximum Gasteiger partial charge on any atom is 0.268 e. The minimum atomic E-state index is -0.265. The zero-order chi connectivity index (χ0) is 16.2. The van der Waals surface area contributed by atoms with Crippen molar-refractivity contribution >= 4 is 5.91 Å². The maximum absolute atomic E-state index is 12.2. The van der Waals surface area contributed by atoms with Crippen LogP contribution in [0.2, 0.25) is 0 Å². The van der Waals surface area contributed by atoms with Gasteiger partial charge in [-0.15, -0.1) is 0 Å². The highest BCUT2D eigenvalue weighted by Gasteiger charge is 2.31. The van der Waals surface area contributed by atoms with Gasteiger partial charge < -0.3 is 15.4 Å². The Kier molecular flexibility index (Phi) is 5.13. The maximum atomic E-state index is 12.2. The largest absolute Gasteiger partial charge is 0.391 e. The van der Waals surface area contributed by atoms with Gasteiger partial charge in [-0.3, -0.25) is 14.5 Å². The quantitative estimate of drug-likeness (QED) is 0.772. The normalized spacial score (nSPS) is 26.8. The Morgan fingerprint density at radius 2 is 1.91 bits per heavy atom. The number of pyridine rings is 1. The Hall–Kier alpha value is -1.66. The van der Waals surface area contributed by atoms with Gasteiger partial charge >= 0.3 is 0 Å². The van der Waals surface area contributed by atoms with Gasteiger partial charge in [0.25, 0.3) is 5.91 Å². The van der Waals surface area contributed by atoms with E-state index in [2.05, 4.69) is 15.2 Å². The van der Waals surface area contributed by atoms with Crippen LogP contribution in [0.5, 0.6) is 0 Å². The fourth-order valence-electron chi connectivity index (χ4n) is 3.74. The molecule has 23 heavy (non-hydrogen) atoms. The Morgan fingerprint density at radius 3 is 2.61 bits per heavy atom. The number of carbonyl (C=O) groups excluding carboxylic acids is 1. The summed E-state index contributed by atoms with van der Waals surface area (Å²) in [4.78, 5) is 28.4. The average Bonchev–Trinajstić information content (AvgIpc) is 2.56. The third-order valence-electron chi connectivity index (χ3n) is 5.04. The number of H-pyrrole nitrogens is 1. The highest BCUT2D eigenvalue weighted by Crippen LogP contribution is 2.25. The van der Waals surface area contributed by atoms with Gasteiger partial charge in [-0.25, -0.2) is 0 Å². The van der Waals surface area contributed by atoms with E-state index in [9.17, 15) is 14.7 Å². The summed E-state index contributed by atoms with van der Waals surface area (Å²) in [6.45, 7) is 1.80. The minimum absolute atomic E-state index is 0.128. The molecule has 1 aromatic heterocycles. The van der Waals surface area contributed by atoms with Crippen LogP contribution in [0.15, 0.2) is 23.0 Å². The van der Waals surface area contributed by atoms with Crippen LogP contribution < -0.4 is 10.9 Å². The molecule has 1 saturated heterocycles. The number of rotatable bonds is 3. The van der Waals surface area contributed by atoms with Crippen LogP contribution in [0.4, 0.5) is 0 Å². The molecule has 2 atom stereocenters. The molecule has 3 rings (SSSR count). The number of nitrogens with one attached hydrogen (secondary N) is 2. The van der Waals surface area contributed by atoms with Crippen LogP contribution in [-0.4, -0.2) is 52.2 Å². The van der Waals surface area contributed by atoms with Crippen LogP contribution in [0, 0.1) is 0 Å². The van der Waals surface area contributed by atoms with Crippen molar-refractivity contribution in [2.24, 2.45) is 0 Å². The zero-order valence-electron chi connectivity index (χ0n) is 13.3. The predicted molar refractivity (Wildman–Crippen MR) is 87.4 cm³/mol. The lowest BCUT2D eigenvalue weighted by Gasteiger charge is -2.41. The molecular weight excluding hydrogens is 294 g/mol. The Balaban J connectivity index is 1.51. The van der Waals surface area contributed by atoms with Crippen molar-refractivity contribution in [3.8, 4) is 0 Å². The number of amides is 1. The molecule has 6 heteroatoms. The summed E-state index contributed by atoms with van der Waals surface area (Å²) in [6.07, 6.45) is 5.85. The lowest BCUT2D eigenvalue weighted by atomic mass is 9.89. The van der Waals surface area contributed by atoms with Crippen LogP contribution in [0.3, 0.4) is 0 Å². The molecule has 0 aromatic carbocycles. The van der Waals surface area contributed by atoms with Crippen molar-refractivity contribution in [2.45, 2.75) is 56.7 Å². The molecule has 1 aliphatic carbocycles. The molecule has 0 spiro atoms. The number of aliphatic hydroxyl groups excluding tert-OH is 1. The van der Waals surface area contributed by atoms with Crippen molar-refractivity contribution < 1.29 is 9.90 Å².